The molecule has 1 aromatic carbocycles. The molecular formula is C13H11ClFN3O4. The SMILES string of the molecule is O=C1C2CCCCN2C(=O)N1c1cc([N+](=O)[O-])c(Cl)cc1F. The lowest BCUT2D eigenvalue weighted by molar-refractivity contribution is -0.384. The van der Waals surface area contributed by atoms with Crippen molar-refractivity contribution >= 4 is 34.9 Å². The van der Waals surface area contributed by atoms with Crippen LogP contribution < -0.4 is 4.90 Å². The standard InChI is InChI=1S/C13H11ClFN3O4/c14-7-5-8(15)11(6-10(7)18(21)22)17-12(19)9-3-1-2-4-16(9)13(17)20/h5-6,9H,1-4H2. The second-order valence-corrected chi connectivity index (χ2v) is 5.58. The zero-order valence-electron chi connectivity index (χ0n) is 11.3. The molecule has 0 bridgehead atoms. The number of hydrogen-bond donors (Lipinski definition) is 0. The normalized spacial score (nSPS) is 21.3. The van der Waals surface area contributed by atoms with Crippen LogP contribution >= 0.6 is 11.6 Å². The molecule has 0 N–H and O–H groups in total. The zero-order chi connectivity index (χ0) is 16.0. The van der Waals surface area contributed by atoms with Gasteiger partial charge in [-0.05, 0) is 19.3 Å². The number of carbonyl (C=O) groups excluding carboxylic acids is 2. The van der Waals surface area contributed by atoms with Crippen LogP contribution in [0.25, 0.3) is 0 Å². The molecule has 116 valence electrons. The number of nitro groups is 1. The molecule has 9 heteroatoms. The van der Waals surface area contributed by atoms with Crippen molar-refractivity contribution in [1.29, 1.82) is 0 Å². The fraction of sp³-hybridized carbons (Fsp3) is 0.385. The van der Waals surface area contributed by atoms with Crippen molar-refractivity contribution in [2.24, 2.45) is 0 Å². The van der Waals surface area contributed by atoms with Gasteiger partial charge in [0.25, 0.3) is 11.6 Å². The average molecular weight is 328 g/mol. The number of rotatable bonds is 2. The summed E-state index contributed by atoms with van der Waals surface area (Å²) in [6.45, 7) is 0.420. The number of carbonyl (C=O) groups is 2. The molecule has 2 heterocycles. The number of piperidine rings is 1. The Kier molecular flexibility index (Phi) is 3.48. The van der Waals surface area contributed by atoms with Crippen LogP contribution in [-0.2, 0) is 4.79 Å². The largest absolute Gasteiger partial charge is 0.332 e. The Morgan fingerprint density at radius 2 is 2.05 bits per heavy atom. The van der Waals surface area contributed by atoms with Crippen LogP contribution in [0.1, 0.15) is 19.3 Å². The first-order valence-corrected chi connectivity index (χ1v) is 7.07. The van der Waals surface area contributed by atoms with Gasteiger partial charge in [-0.1, -0.05) is 11.6 Å². The van der Waals surface area contributed by atoms with Gasteiger partial charge in [-0.15, -0.1) is 0 Å². The minimum atomic E-state index is -0.947. The van der Waals surface area contributed by atoms with Gasteiger partial charge in [-0.2, -0.15) is 0 Å². The van der Waals surface area contributed by atoms with E-state index in [-0.39, 0.29) is 5.02 Å². The Hall–Kier alpha value is -2.22. The molecule has 22 heavy (non-hydrogen) atoms. The molecule has 0 aliphatic carbocycles. The van der Waals surface area contributed by atoms with Gasteiger partial charge >= 0.3 is 6.03 Å². The van der Waals surface area contributed by atoms with E-state index in [1.807, 2.05) is 0 Å². The maximum atomic E-state index is 14.1. The van der Waals surface area contributed by atoms with E-state index < -0.39 is 40.1 Å². The fourth-order valence-corrected chi connectivity index (χ4v) is 3.07. The molecule has 1 aromatic rings. The van der Waals surface area contributed by atoms with Crippen molar-refractivity contribution in [3.8, 4) is 0 Å². The van der Waals surface area contributed by atoms with Crippen molar-refractivity contribution in [3.05, 3.63) is 33.1 Å². The average Bonchev–Trinajstić information content (AvgIpc) is 2.72. The molecule has 3 rings (SSSR count). The predicted molar refractivity (Wildman–Crippen MR) is 75.3 cm³/mol. The first kappa shape index (κ1) is 14.7. The van der Waals surface area contributed by atoms with Crippen LogP contribution in [0.15, 0.2) is 12.1 Å². The molecule has 0 radical (unpaired) electrons. The van der Waals surface area contributed by atoms with Crippen molar-refractivity contribution in [1.82, 2.24) is 4.90 Å². The lowest BCUT2D eigenvalue weighted by atomic mass is 10.0. The number of nitro benzene ring substituents is 1. The summed E-state index contributed by atoms with van der Waals surface area (Å²) in [6, 6.07) is 0.305. The summed E-state index contributed by atoms with van der Waals surface area (Å²) in [5.41, 5.74) is -0.982. The van der Waals surface area contributed by atoms with Crippen LogP contribution in [0.5, 0.6) is 0 Å². The molecule has 2 fully saturated rings. The van der Waals surface area contributed by atoms with E-state index in [0.717, 1.165) is 25.0 Å². The lowest BCUT2D eigenvalue weighted by Gasteiger charge is -2.25. The summed E-state index contributed by atoms with van der Waals surface area (Å²) in [6.07, 6.45) is 2.09. The molecule has 1 unspecified atom stereocenters. The van der Waals surface area contributed by atoms with E-state index in [9.17, 15) is 24.1 Å². The van der Waals surface area contributed by atoms with E-state index in [0.29, 0.717) is 17.9 Å². The summed E-state index contributed by atoms with van der Waals surface area (Å²) in [4.78, 5) is 36.9. The summed E-state index contributed by atoms with van der Waals surface area (Å²) < 4.78 is 14.1. The van der Waals surface area contributed by atoms with Crippen molar-refractivity contribution in [3.63, 3.8) is 0 Å². The Morgan fingerprint density at radius 1 is 1.32 bits per heavy atom. The first-order chi connectivity index (χ1) is 10.4. The molecule has 0 saturated carbocycles. The Labute approximate surface area is 129 Å². The molecular weight excluding hydrogens is 317 g/mol. The third kappa shape index (κ3) is 2.10. The minimum Gasteiger partial charge on any atom is -0.312 e. The third-order valence-corrected chi connectivity index (χ3v) is 4.20. The second-order valence-electron chi connectivity index (χ2n) is 5.17. The molecule has 1 atom stereocenters. The number of amides is 3. The molecule has 2 saturated heterocycles. The van der Waals surface area contributed by atoms with Gasteiger partial charge < -0.3 is 4.90 Å². The van der Waals surface area contributed by atoms with Crippen LogP contribution in [0.3, 0.4) is 0 Å². The van der Waals surface area contributed by atoms with Crippen LogP contribution in [-0.4, -0.2) is 34.3 Å². The quantitative estimate of drug-likeness (QED) is 0.475. The van der Waals surface area contributed by atoms with Gasteiger partial charge in [-0.3, -0.25) is 14.9 Å². The van der Waals surface area contributed by atoms with Crippen molar-refractivity contribution in [2.75, 3.05) is 11.4 Å². The highest BCUT2D eigenvalue weighted by Crippen LogP contribution is 2.36. The number of urea groups is 1. The van der Waals surface area contributed by atoms with Gasteiger partial charge in [0.05, 0.1) is 10.6 Å². The highest BCUT2D eigenvalue weighted by Gasteiger charge is 2.47. The van der Waals surface area contributed by atoms with Crippen molar-refractivity contribution < 1.29 is 18.9 Å². The predicted octanol–water partition coefficient (Wildman–Crippen LogP) is 2.71. The topological polar surface area (TPSA) is 83.8 Å². The van der Waals surface area contributed by atoms with E-state index in [2.05, 4.69) is 0 Å². The van der Waals surface area contributed by atoms with Gasteiger partial charge in [0.2, 0.25) is 0 Å². The Balaban J connectivity index is 2.07. The fourth-order valence-electron chi connectivity index (χ4n) is 2.85. The lowest BCUT2D eigenvalue weighted by Crippen LogP contribution is -2.39. The molecule has 0 aromatic heterocycles. The first-order valence-electron chi connectivity index (χ1n) is 6.70. The maximum absolute atomic E-state index is 14.1. The highest BCUT2D eigenvalue weighted by molar-refractivity contribution is 6.33. The van der Waals surface area contributed by atoms with Gasteiger partial charge in [0, 0.05) is 18.7 Å². The summed E-state index contributed by atoms with van der Waals surface area (Å²) in [7, 11) is 0. The van der Waals surface area contributed by atoms with Crippen LogP contribution in [0, 0.1) is 15.9 Å². The number of fused-ring (bicyclic) bond motifs is 1. The highest BCUT2D eigenvalue weighted by atomic mass is 35.5. The Morgan fingerprint density at radius 3 is 2.68 bits per heavy atom. The minimum absolute atomic E-state index is 0.386. The number of imide groups is 1. The van der Waals surface area contributed by atoms with Crippen LogP contribution in [0.2, 0.25) is 5.02 Å². The van der Waals surface area contributed by atoms with Crippen molar-refractivity contribution in [2.45, 2.75) is 25.3 Å². The van der Waals surface area contributed by atoms with E-state index >= 15 is 0 Å². The number of halogens is 2. The Bertz CT molecular complexity index is 672. The number of nitrogens with zero attached hydrogens (tertiary/aromatic N) is 3. The van der Waals surface area contributed by atoms with Crippen LogP contribution in [0.4, 0.5) is 20.6 Å². The van der Waals surface area contributed by atoms with E-state index in [4.69, 9.17) is 11.6 Å². The number of anilines is 1. The maximum Gasteiger partial charge on any atom is 0.332 e. The second kappa shape index (κ2) is 5.20. The summed E-state index contributed by atoms with van der Waals surface area (Å²) in [5.74, 6) is -1.50. The zero-order valence-corrected chi connectivity index (χ0v) is 12.0. The van der Waals surface area contributed by atoms with Gasteiger partial charge in [0.1, 0.15) is 16.9 Å². The molecule has 0 spiro atoms. The van der Waals surface area contributed by atoms with Gasteiger partial charge in [-0.25, -0.2) is 14.1 Å². The van der Waals surface area contributed by atoms with Gasteiger partial charge in [0.15, 0.2) is 0 Å². The molecule has 2 aliphatic heterocycles. The van der Waals surface area contributed by atoms with E-state index in [1.165, 1.54) is 4.90 Å². The molecule has 2 aliphatic rings. The summed E-state index contributed by atoms with van der Waals surface area (Å²) in [5, 5.41) is 10.5. The monoisotopic (exact) mass is 327 g/mol. The molecule has 3 amide bonds. The smallest absolute Gasteiger partial charge is 0.312 e. The molecule has 7 nitrogen and oxygen atoms in total. The summed E-state index contributed by atoms with van der Waals surface area (Å²) >= 11 is 5.62. The number of hydrogen-bond acceptors (Lipinski definition) is 4. The number of benzene rings is 1. The third-order valence-electron chi connectivity index (χ3n) is 3.90. The van der Waals surface area contributed by atoms with E-state index in [1.54, 1.807) is 0 Å².